The van der Waals surface area contributed by atoms with Crippen LogP contribution in [0.15, 0.2) is 29.2 Å². The fourth-order valence-corrected chi connectivity index (χ4v) is 2.60. The minimum atomic E-state index is 0.703. The maximum absolute atomic E-state index is 4.66. The standard InChI is InChI=1S/C14H18N4S/c1-18(9-11-4-5-19-10-11)14-8-15-6-13(17-14)7-16-12-2-3-12/h4-6,8,10,12,16H,2-3,7,9H2,1H3. The van der Waals surface area contributed by atoms with Gasteiger partial charge in [0, 0.05) is 32.4 Å². The summed E-state index contributed by atoms with van der Waals surface area (Å²) in [5.74, 6) is 0.932. The topological polar surface area (TPSA) is 41.1 Å². The second-order valence-electron chi connectivity index (χ2n) is 5.01. The molecule has 0 unspecified atom stereocenters. The molecule has 0 atom stereocenters. The van der Waals surface area contributed by atoms with Crippen LogP contribution in [0.3, 0.4) is 0 Å². The van der Waals surface area contributed by atoms with Gasteiger partial charge in [0.25, 0.3) is 0 Å². The van der Waals surface area contributed by atoms with E-state index in [1.54, 1.807) is 11.3 Å². The van der Waals surface area contributed by atoms with Gasteiger partial charge in [0.15, 0.2) is 0 Å². The molecule has 1 saturated carbocycles. The van der Waals surface area contributed by atoms with Crippen molar-refractivity contribution in [2.45, 2.75) is 32.0 Å². The van der Waals surface area contributed by atoms with Crippen LogP contribution in [0.1, 0.15) is 24.1 Å². The fourth-order valence-electron chi connectivity index (χ4n) is 1.94. The molecular formula is C14H18N4S. The van der Waals surface area contributed by atoms with E-state index < -0.39 is 0 Å². The zero-order valence-corrected chi connectivity index (χ0v) is 11.9. The lowest BCUT2D eigenvalue weighted by molar-refractivity contribution is 0.670. The summed E-state index contributed by atoms with van der Waals surface area (Å²) in [6, 6.07) is 2.85. The summed E-state index contributed by atoms with van der Waals surface area (Å²) in [6.07, 6.45) is 6.26. The predicted molar refractivity (Wildman–Crippen MR) is 78.3 cm³/mol. The quantitative estimate of drug-likeness (QED) is 0.878. The van der Waals surface area contributed by atoms with Crippen LogP contribution < -0.4 is 10.2 Å². The predicted octanol–water partition coefficient (Wildman–Crippen LogP) is 2.43. The molecule has 1 aliphatic carbocycles. The molecule has 0 radical (unpaired) electrons. The van der Waals surface area contributed by atoms with Gasteiger partial charge in [-0.05, 0) is 35.2 Å². The number of hydrogen-bond acceptors (Lipinski definition) is 5. The van der Waals surface area contributed by atoms with Crippen LogP contribution in [0.25, 0.3) is 0 Å². The molecule has 5 heteroatoms. The SMILES string of the molecule is CN(Cc1ccsc1)c1cncc(CNC2CC2)n1. The second kappa shape index (κ2) is 5.67. The number of hydrogen-bond donors (Lipinski definition) is 1. The monoisotopic (exact) mass is 274 g/mol. The van der Waals surface area contributed by atoms with Crippen molar-refractivity contribution in [3.63, 3.8) is 0 Å². The van der Waals surface area contributed by atoms with Gasteiger partial charge in [-0.2, -0.15) is 11.3 Å². The maximum atomic E-state index is 4.66. The van der Waals surface area contributed by atoms with Crippen LogP contribution in [0.4, 0.5) is 5.82 Å². The van der Waals surface area contributed by atoms with E-state index in [0.29, 0.717) is 6.04 Å². The molecule has 1 fully saturated rings. The lowest BCUT2D eigenvalue weighted by atomic mass is 10.3. The Morgan fingerprint density at radius 3 is 3.05 bits per heavy atom. The Morgan fingerprint density at radius 1 is 1.42 bits per heavy atom. The Balaban J connectivity index is 1.63. The Hall–Kier alpha value is -1.46. The normalized spacial score (nSPS) is 14.6. The Bertz CT molecular complexity index is 522. The molecule has 2 aromatic rings. The van der Waals surface area contributed by atoms with Gasteiger partial charge in [-0.3, -0.25) is 4.98 Å². The van der Waals surface area contributed by atoms with E-state index in [9.17, 15) is 0 Å². The van der Waals surface area contributed by atoms with E-state index in [-0.39, 0.29) is 0 Å². The highest BCUT2D eigenvalue weighted by atomic mass is 32.1. The maximum Gasteiger partial charge on any atom is 0.147 e. The highest BCUT2D eigenvalue weighted by Crippen LogP contribution is 2.19. The van der Waals surface area contributed by atoms with Crippen molar-refractivity contribution >= 4 is 17.2 Å². The first-order valence-corrected chi connectivity index (χ1v) is 7.52. The smallest absolute Gasteiger partial charge is 0.147 e. The van der Waals surface area contributed by atoms with Gasteiger partial charge in [-0.25, -0.2) is 4.98 Å². The Morgan fingerprint density at radius 2 is 2.32 bits per heavy atom. The fraction of sp³-hybridized carbons (Fsp3) is 0.429. The molecule has 0 saturated heterocycles. The van der Waals surface area contributed by atoms with Gasteiger partial charge < -0.3 is 10.2 Å². The molecule has 0 aromatic carbocycles. The first-order chi connectivity index (χ1) is 9.31. The average Bonchev–Trinajstić information content (AvgIpc) is 3.13. The number of nitrogens with one attached hydrogen (secondary N) is 1. The molecule has 2 heterocycles. The van der Waals surface area contributed by atoms with E-state index in [1.807, 2.05) is 12.4 Å². The summed E-state index contributed by atoms with van der Waals surface area (Å²) in [5.41, 5.74) is 2.33. The van der Waals surface area contributed by atoms with Crippen LogP contribution in [-0.4, -0.2) is 23.1 Å². The summed E-state index contributed by atoms with van der Waals surface area (Å²) >= 11 is 1.73. The lowest BCUT2D eigenvalue weighted by Gasteiger charge is -2.17. The molecule has 4 nitrogen and oxygen atoms in total. The molecule has 0 bridgehead atoms. The molecule has 3 rings (SSSR count). The zero-order chi connectivity index (χ0) is 13.1. The van der Waals surface area contributed by atoms with Crippen molar-refractivity contribution in [2.75, 3.05) is 11.9 Å². The van der Waals surface area contributed by atoms with Crippen LogP contribution in [-0.2, 0) is 13.1 Å². The lowest BCUT2D eigenvalue weighted by Crippen LogP contribution is -2.20. The number of aromatic nitrogens is 2. The van der Waals surface area contributed by atoms with Gasteiger partial charge >= 0.3 is 0 Å². The van der Waals surface area contributed by atoms with Crippen LogP contribution in [0.2, 0.25) is 0 Å². The van der Waals surface area contributed by atoms with E-state index in [4.69, 9.17) is 0 Å². The number of anilines is 1. The van der Waals surface area contributed by atoms with Crippen molar-refractivity contribution in [1.82, 2.24) is 15.3 Å². The summed E-state index contributed by atoms with van der Waals surface area (Å²) < 4.78 is 0. The van der Waals surface area contributed by atoms with E-state index in [0.717, 1.165) is 24.6 Å². The van der Waals surface area contributed by atoms with Crippen LogP contribution >= 0.6 is 11.3 Å². The molecular weight excluding hydrogens is 256 g/mol. The minimum absolute atomic E-state index is 0.703. The third kappa shape index (κ3) is 3.52. The van der Waals surface area contributed by atoms with Gasteiger partial charge in [0.2, 0.25) is 0 Å². The van der Waals surface area contributed by atoms with Gasteiger partial charge in [-0.1, -0.05) is 0 Å². The molecule has 0 aliphatic heterocycles. The van der Waals surface area contributed by atoms with Crippen LogP contribution in [0, 0.1) is 0 Å². The first-order valence-electron chi connectivity index (χ1n) is 6.58. The first kappa shape index (κ1) is 12.6. The van der Waals surface area contributed by atoms with Crippen molar-refractivity contribution < 1.29 is 0 Å². The largest absolute Gasteiger partial charge is 0.354 e. The molecule has 100 valence electrons. The zero-order valence-electron chi connectivity index (χ0n) is 11.0. The van der Waals surface area contributed by atoms with E-state index in [1.165, 1.54) is 18.4 Å². The van der Waals surface area contributed by atoms with Gasteiger partial charge in [-0.15, -0.1) is 0 Å². The molecule has 19 heavy (non-hydrogen) atoms. The van der Waals surface area contributed by atoms with Crippen molar-refractivity contribution in [1.29, 1.82) is 0 Å². The summed E-state index contributed by atoms with van der Waals surface area (Å²) in [6.45, 7) is 1.69. The third-order valence-electron chi connectivity index (χ3n) is 3.21. The molecule has 0 amide bonds. The number of nitrogens with zero attached hydrogens (tertiary/aromatic N) is 3. The molecule has 1 N–H and O–H groups in total. The summed E-state index contributed by atoms with van der Waals surface area (Å²) in [4.78, 5) is 11.1. The highest BCUT2D eigenvalue weighted by Gasteiger charge is 2.20. The Kier molecular flexibility index (Phi) is 3.75. The highest BCUT2D eigenvalue weighted by molar-refractivity contribution is 7.07. The molecule has 2 aromatic heterocycles. The van der Waals surface area contributed by atoms with E-state index in [2.05, 4.69) is 44.1 Å². The third-order valence-corrected chi connectivity index (χ3v) is 3.94. The Labute approximate surface area is 117 Å². The summed E-state index contributed by atoms with van der Waals surface area (Å²) in [5, 5.41) is 7.74. The summed E-state index contributed by atoms with van der Waals surface area (Å²) in [7, 11) is 2.06. The van der Waals surface area contributed by atoms with Crippen molar-refractivity contribution in [3.8, 4) is 0 Å². The van der Waals surface area contributed by atoms with Crippen molar-refractivity contribution in [3.05, 3.63) is 40.5 Å². The number of rotatable bonds is 6. The molecule has 0 spiro atoms. The van der Waals surface area contributed by atoms with E-state index >= 15 is 0 Å². The minimum Gasteiger partial charge on any atom is -0.354 e. The van der Waals surface area contributed by atoms with Gasteiger partial charge in [0.1, 0.15) is 5.82 Å². The van der Waals surface area contributed by atoms with Crippen molar-refractivity contribution in [2.24, 2.45) is 0 Å². The van der Waals surface area contributed by atoms with Gasteiger partial charge in [0.05, 0.1) is 11.9 Å². The number of thiophene rings is 1. The average molecular weight is 274 g/mol. The molecule has 1 aliphatic rings. The second-order valence-corrected chi connectivity index (χ2v) is 5.79. The van der Waals surface area contributed by atoms with Crippen LogP contribution in [0.5, 0.6) is 0 Å².